The van der Waals surface area contributed by atoms with Gasteiger partial charge in [-0.1, -0.05) is 56.1 Å². The number of hydrogen-bond acceptors (Lipinski definition) is 2. The van der Waals surface area contributed by atoms with E-state index in [0.29, 0.717) is 10.2 Å². The molecule has 0 bridgehead atoms. The fraction of sp³-hybridized carbons (Fsp3) is 0.286. The summed E-state index contributed by atoms with van der Waals surface area (Å²) in [4.78, 5) is 8.84. The second-order valence-electron chi connectivity index (χ2n) is 5.16. The Bertz CT molecular complexity index is 557. The Hall–Kier alpha value is -1.12. The second-order valence-corrected chi connectivity index (χ2v) is 5.98. The topological polar surface area (TPSA) is 25.8 Å². The predicted molar refractivity (Wildman–Crippen MR) is 76.2 cm³/mol. The summed E-state index contributed by atoms with van der Waals surface area (Å²) in [5, 5.41) is 1.16. The Morgan fingerprint density at radius 3 is 2.11 bits per heavy atom. The van der Waals surface area contributed by atoms with E-state index in [1.54, 1.807) is 6.07 Å². The van der Waals surface area contributed by atoms with Gasteiger partial charge >= 0.3 is 0 Å². The number of aromatic nitrogens is 2. The van der Waals surface area contributed by atoms with Gasteiger partial charge in [-0.25, -0.2) is 9.97 Å². The van der Waals surface area contributed by atoms with E-state index in [0.717, 1.165) is 17.1 Å². The molecule has 0 fully saturated rings. The highest BCUT2D eigenvalue weighted by atomic mass is 35.5. The largest absolute Gasteiger partial charge is 0.232 e. The van der Waals surface area contributed by atoms with E-state index in [2.05, 4.69) is 30.7 Å². The second kappa shape index (κ2) is 4.87. The van der Waals surface area contributed by atoms with Crippen molar-refractivity contribution in [2.24, 2.45) is 0 Å². The van der Waals surface area contributed by atoms with E-state index in [4.69, 9.17) is 23.2 Å². The van der Waals surface area contributed by atoms with Gasteiger partial charge in [-0.3, -0.25) is 0 Å². The van der Waals surface area contributed by atoms with E-state index in [1.165, 1.54) is 0 Å². The van der Waals surface area contributed by atoms with Gasteiger partial charge in [0.25, 0.3) is 0 Å². The molecule has 1 aromatic heterocycles. The summed E-state index contributed by atoms with van der Waals surface area (Å²) in [6.07, 6.45) is 0. The van der Waals surface area contributed by atoms with Crippen LogP contribution in [-0.4, -0.2) is 9.97 Å². The highest BCUT2D eigenvalue weighted by Crippen LogP contribution is 2.26. The fourth-order valence-corrected chi connectivity index (χ4v) is 1.83. The molecule has 0 amide bonds. The van der Waals surface area contributed by atoms with Crippen LogP contribution in [-0.2, 0) is 5.41 Å². The minimum absolute atomic E-state index is 0.133. The fourth-order valence-electron chi connectivity index (χ4n) is 1.52. The average Bonchev–Trinajstić information content (AvgIpc) is 2.28. The van der Waals surface area contributed by atoms with Crippen molar-refractivity contribution in [1.82, 2.24) is 9.97 Å². The van der Waals surface area contributed by atoms with Gasteiger partial charge in [0.1, 0.15) is 11.0 Å². The van der Waals surface area contributed by atoms with Crippen LogP contribution in [0.4, 0.5) is 0 Å². The molecule has 0 aliphatic carbocycles. The highest BCUT2D eigenvalue weighted by molar-refractivity contribution is 6.30. The minimum atomic E-state index is -0.133. The number of nitrogens with zero attached hydrogens (tertiary/aromatic N) is 2. The molecule has 0 saturated heterocycles. The summed E-state index contributed by atoms with van der Waals surface area (Å²) < 4.78 is 0. The first-order chi connectivity index (χ1) is 8.36. The van der Waals surface area contributed by atoms with Crippen LogP contribution in [0, 0.1) is 0 Å². The van der Waals surface area contributed by atoms with Crippen LogP contribution in [0.15, 0.2) is 30.3 Å². The van der Waals surface area contributed by atoms with Gasteiger partial charge < -0.3 is 0 Å². The summed E-state index contributed by atoms with van der Waals surface area (Å²) in [6.45, 7) is 6.18. The quantitative estimate of drug-likeness (QED) is 0.705. The number of hydrogen-bond donors (Lipinski definition) is 0. The first-order valence-corrected chi connectivity index (χ1v) is 6.43. The van der Waals surface area contributed by atoms with Gasteiger partial charge in [0.15, 0.2) is 0 Å². The Labute approximate surface area is 117 Å². The van der Waals surface area contributed by atoms with Crippen molar-refractivity contribution in [3.63, 3.8) is 0 Å². The molecule has 0 aliphatic heterocycles. The lowest BCUT2D eigenvalue weighted by atomic mass is 9.95. The molecule has 0 aliphatic rings. The van der Waals surface area contributed by atoms with Gasteiger partial charge in [0.2, 0.25) is 0 Å². The van der Waals surface area contributed by atoms with Gasteiger partial charge in [-0.05, 0) is 12.1 Å². The van der Waals surface area contributed by atoms with Crippen LogP contribution >= 0.6 is 23.2 Å². The average molecular weight is 281 g/mol. The molecule has 4 heteroatoms. The third-order valence-electron chi connectivity index (χ3n) is 2.51. The zero-order chi connectivity index (χ0) is 13.3. The first kappa shape index (κ1) is 13.3. The normalized spacial score (nSPS) is 11.6. The molecule has 2 nitrogen and oxygen atoms in total. The molecule has 94 valence electrons. The van der Waals surface area contributed by atoms with E-state index in [9.17, 15) is 0 Å². The van der Waals surface area contributed by atoms with Crippen LogP contribution in [0.3, 0.4) is 0 Å². The minimum Gasteiger partial charge on any atom is -0.232 e. The molecule has 2 rings (SSSR count). The maximum Gasteiger partial charge on any atom is 0.136 e. The summed E-state index contributed by atoms with van der Waals surface area (Å²) in [7, 11) is 0. The molecule has 2 aromatic rings. The molecule has 1 heterocycles. The van der Waals surface area contributed by atoms with Crippen molar-refractivity contribution in [2.45, 2.75) is 26.2 Å². The molecular formula is C14H14Cl2N2. The maximum atomic E-state index is 6.06. The molecule has 18 heavy (non-hydrogen) atoms. The lowest BCUT2D eigenvalue weighted by molar-refractivity contribution is 0.546. The molecule has 0 atom stereocenters. The smallest absolute Gasteiger partial charge is 0.136 e. The Morgan fingerprint density at radius 2 is 1.56 bits per heavy atom. The van der Waals surface area contributed by atoms with Crippen molar-refractivity contribution in [3.8, 4) is 11.3 Å². The standard InChI is InChI=1S/C14H14Cl2N2/c1-14(2,3)13-17-11(8-12(16)18-13)9-4-6-10(15)7-5-9/h4-8H,1-3H3. The number of benzene rings is 1. The maximum absolute atomic E-state index is 6.06. The lowest BCUT2D eigenvalue weighted by Gasteiger charge is -2.17. The van der Waals surface area contributed by atoms with Crippen molar-refractivity contribution in [2.75, 3.05) is 0 Å². The lowest BCUT2D eigenvalue weighted by Crippen LogP contribution is -2.16. The first-order valence-electron chi connectivity index (χ1n) is 5.67. The Balaban J connectivity index is 2.52. The van der Waals surface area contributed by atoms with E-state index >= 15 is 0 Å². The van der Waals surface area contributed by atoms with Gasteiger partial charge in [0.05, 0.1) is 5.69 Å². The zero-order valence-electron chi connectivity index (χ0n) is 10.5. The Morgan fingerprint density at radius 1 is 0.944 bits per heavy atom. The molecule has 0 spiro atoms. The van der Waals surface area contributed by atoms with Crippen LogP contribution in [0.1, 0.15) is 26.6 Å². The third-order valence-corrected chi connectivity index (χ3v) is 2.95. The molecule has 0 radical (unpaired) electrons. The third kappa shape index (κ3) is 3.01. The highest BCUT2D eigenvalue weighted by Gasteiger charge is 2.19. The number of halogens is 2. The van der Waals surface area contributed by atoms with Crippen LogP contribution < -0.4 is 0 Å². The number of rotatable bonds is 1. The van der Waals surface area contributed by atoms with Crippen molar-refractivity contribution in [1.29, 1.82) is 0 Å². The summed E-state index contributed by atoms with van der Waals surface area (Å²) >= 11 is 11.9. The van der Waals surface area contributed by atoms with Gasteiger partial charge in [0, 0.05) is 22.1 Å². The monoisotopic (exact) mass is 280 g/mol. The molecule has 0 N–H and O–H groups in total. The van der Waals surface area contributed by atoms with Crippen LogP contribution in [0.2, 0.25) is 10.2 Å². The molecule has 0 saturated carbocycles. The van der Waals surface area contributed by atoms with E-state index in [-0.39, 0.29) is 5.41 Å². The SMILES string of the molecule is CC(C)(C)c1nc(Cl)cc(-c2ccc(Cl)cc2)n1. The Kier molecular flexibility index (Phi) is 3.60. The van der Waals surface area contributed by atoms with E-state index < -0.39 is 0 Å². The van der Waals surface area contributed by atoms with Crippen molar-refractivity contribution in [3.05, 3.63) is 46.3 Å². The summed E-state index contributed by atoms with van der Waals surface area (Å²) in [5.74, 6) is 0.736. The van der Waals surface area contributed by atoms with Crippen molar-refractivity contribution < 1.29 is 0 Å². The molecule has 0 unspecified atom stereocenters. The molecule has 1 aromatic carbocycles. The predicted octanol–water partition coefficient (Wildman–Crippen LogP) is 4.75. The van der Waals surface area contributed by atoms with E-state index in [1.807, 2.05) is 24.3 Å². The summed E-state index contributed by atoms with van der Waals surface area (Å²) in [6, 6.07) is 9.29. The van der Waals surface area contributed by atoms with Crippen LogP contribution in [0.25, 0.3) is 11.3 Å². The van der Waals surface area contributed by atoms with Crippen LogP contribution in [0.5, 0.6) is 0 Å². The van der Waals surface area contributed by atoms with Crippen molar-refractivity contribution >= 4 is 23.2 Å². The van der Waals surface area contributed by atoms with Gasteiger partial charge in [-0.2, -0.15) is 0 Å². The zero-order valence-corrected chi connectivity index (χ0v) is 12.0. The van der Waals surface area contributed by atoms with Gasteiger partial charge in [-0.15, -0.1) is 0 Å². The molecular weight excluding hydrogens is 267 g/mol. The summed E-state index contributed by atoms with van der Waals surface area (Å²) in [5.41, 5.74) is 1.66.